The zero-order chi connectivity index (χ0) is 25.6. The second-order valence-electron chi connectivity index (χ2n) is 10.5. The van der Waals surface area contributed by atoms with Gasteiger partial charge in [-0.2, -0.15) is 13.2 Å². The minimum absolute atomic E-state index is 0.0207. The lowest BCUT2D eigenvalue weighted by atomic mass is 9.98. The molecule has 0 aromatic heterocycles. The summed E-state index contributed by atoms with van der Waals surface area (Å²) in [6, 6.07) is -2.25. The zero-order valence-corrected chi connectivity index (χ0v) is 19.9. The van der Waals surface area contributed by atoms with E-state index >= 15 is 0 Å². The van der Waals surface area contributed by atoms with Crippen molar-refractivity contribution in [1.29, 1.82) is 0 Å². The lowest BCUT2D eigenvalue weighted by Crippen LogP contribution is -2.60. The number of piperidine rings is 1. The molecule has 2 saturated carbocycles. The van der Waals surface area contributed by atoms with Gasteiger partial charge in [-0.25, -0.2) is 0 Å². The number of nitrogens with one attached hydrogen (secondary N) is 3. The average Bonchev–Trinajstić information content (AvgIpc) is 3.58. The maximum absolute atomic E-state index is 13.4. The van der Waals surface area contributed by atoms with Gasteiger partial charge in [-0.3, -0.25) is 19.2 Å². The molecule has 4 amide bonds. The van der Waals surface area contributed by atoms with E-state index in [4.69, 9.17) is 0 Å². The first kappa shape index (κ1) is 26.0. The first-order chi connectivity index (χ1) is 15.7. The molecule has 0 bridgehead atoms. The Hall–Kier alpha value is -2.59. The maximum atomic E-state index is 13.4. The molecule has 0 spiro atoms. The summed E-state index contributed by atoms with van der Waals surface area (Å²) in [5, 5.41) is 7.27. The number of hydrogen-bond acceptors (Lipinski definition) is 4. The molecule has 0 aromatic carbocycles. The SMILES string of the molecule is C=CC(=O)NC(NC(=O)[C@@H]1[C@@H]2[C@H](CN1C(=O)[C@H](CC1CC1)NC(=O)C(F)(F)F)C2(C)C)C(C)C. The van der Waals surface area contributed by atoms with Gasteiger partial charge in [0.15, 0.2) is 0 Å². The minimum Gasteiger partial charge on any atom is -0.336 e. The van der Waals surface area contributed by atoms with E-state index in [0.29, 0.717) is 0 Å². The van der Waals surface area contributed by atoms with Gasteiger partial charge in [-0.1, -0.05) is 47.1 Å². The van der Waals surface area contributed by atoms with Gasteiger partial charge in [-0.05, 0) is 41.6 Å². The van der Waals surface area contributed by atoms with Crippen LogP contribution in [0, 0.1) is 29.1 Å². The molecule has 34 heavy (non-hydrogen) atoms. The molecule has 1 heterocycles. The molecular formula is C23H33F3N4O4. The lowest BCUT2D eigenvalue weighted by molar-refractivity contribution is -0.175. The van der Waals surface area contributed by atoms with Crippen LogP contribution >= 0.6 is 0 Å². The van der Waals surface area contributed by atoms with Crippen molar-refractivity contribution in [3.8, 4) is 0 Å². The number of hydrogen-bond donors (Lipinski definition) is 3. The number of likely N-dealkylation sites (tertiary alicyclic amines) is 1. The van der Waals surface area contributed by atoms with Crippen LogP contribution in [0.15, 0.2) is 12.7 Å². The highest BCUT2D eigenvalue weighted by atomic mass is 19.4. The van der Waals surface area contributed by atoms with E-state index in [1.54, 1.807) is 13.8 Å². The van der Waals surface area contributed by atoms with Crippen LogP contribution in [-0.4, -0.2) is 59.5 Å². The fourth-order valence-electron chi connectivity index (χ4n) is 4.98. The van der Waals surface area contributed by atoms with Crippen LogP contribution in [0.25, 0.3) is 0 Å². The summed E-state index contributed by atoms with van der Waals surface area (Å²) < 4.78 is 38.7. The number of halogens is 3. The molecule has 1 aliphatic heterocycles. The van der Waals surface area contributed by atoms with Crippen LogP contribution in [0.2, 0.25) is 0 Å². The van der Waals surface area contributed by atoms with Gasteiger partial charge in [-0.15, -0.1) is 0 Å². The molecule has 11 heteroatoms. The number of fused-ring (bicyclic) bond motifs is 1. The molecular weight excluding hydrogens is 453 g/mol. The van der Waals surface area contributed by atoms with Crippen molar-refractivity contribution in [1.82, 2.24) is 20.9 Å². The number of carbonyl (C=O) groups is 4. The van der Waals surface area contributed by atoms with Crippen molar-refractivity contribution in [2.24, 2.45) is 29.1 Å². The number of carbonyl (C=O) groups excluding carboxylic acids is 4. The third-order valence-electron chi connectivity index (χ3n) is 7.33. The summed E-state index contributed by atoms with van der Waals surface area (Å²) in [4.78, 5) is 51.4. The Balaban J connectivity index is 1.80. The molecule has 1 unspecified atom stereocenters. The predicted octanol–water partition coefficient (Wildman–Crippen LogP) is 1.72. The summed E-state index contributed by atoms with van der Waals surface area (Å²) in [5.74, 6) is -4.04. The molecule has 1 saturated heterocycles. The van der Waals surface area contributed by atoms with Crippen molar-refractivity contribution in [3.63, 3.8) is 0 Å². The summed E-state index contributed by atoms with van der Waals surface area (Å²) in [5.41, 5.74) is -0.211. The second kappa shape index (κ2) is 9.22. The monoisotopic (exact) mass is 486 g/mol. The highest BCUT2D eigenvalue weighted by molar-refractivity contribution is 5.94. The Bertz CT molecular complexity index is 869. The Labute approximate surface area is 197 Å². The number of rotatable bonds is 9. The van der Waals surface area contributed by atoms with Crippen molar-refractivity contribution in [3.05, 3.63) is 12.7 Å². The molecule has 5 atom stereocenters. The highest BCUT2D eigenvalue weighted by Gasteiger charge is 2.69. The molecule has 3 rings (SSSR count). The van der Waals surface area contributed by atoms with Gasteiger partial charge < -0.3 is 20.9 Å². The van der Waals surface area contributed by atoms with Gasteiger partial charge >= 0.3 is 12.1 Å². The molecule has 3 N–H and O–H groups in total. The molecule has 0 radical (unpaired) electrons. The van der Waals surface area contributed by atoms with Gasteiger partial charge in [0.2, 0.25) is 17.7 Å². The van der Waals surface area contributed by atoms with Crippen molar-refractivity contribution >= 4 is 23.6 Å². The van der Waals surface area contributed by atoms with Crippen molar-refractivity contribution < 1.29 is 32.3 Å². The van der Waals surface area contributed by atoms with Gasteiger partial charge in [0.25, 0.3) is 0 Å². The molecule has 3 fully saturated rings. The van der Waals surface area contributed by atoms with E-state index in [9.17, 15) is 32.3 Å². The van der Waals surface area contributed by atoms with E-state index in [2.05, 4.69) is 17.2 Å². The average molecular weight is 487 g/mol. The first-order valence-electron chi connectivity index (χ1n) is 11.6. The fourth-order valence-corrected chi connectivity index (χ4v) is 4.98. The second-order valence-corrected chi connectivity index (χ2v) is 10.5. The van der Waals surface area contributed by atoms with Crippen molar-refractivity contribution in [2.45, 2.75) is 71.4 Å². The third kappa shape index (κ3) is 5.38. The van der Waals surface area contributed by atoms with Crippen molar-refractivity contribution in [2.75, 3.05) is 6.54 Å². The van der Waals surface area contributed by atoms with Crippen LogP contribution in [-0.2, 0) is 19.2 Å². The van der Waals surface area contributed by atoms with Crippen LogP contribution in [0.1, 0.15) is 47.0 Å². The lowest BCUT2D eigenvalue weighted by Gasteiger charge is -2.34. The van der Waals surface area contributed by atoms with E-state index < -0.39 is 48.1 Å². The number of amides is 4. The highest BCUT2D eigenvalue weighted by Crippen LogP contribution is 2.65. The van der Waals surface area contributed by atoms with Gasteiger partial charge in [0.1, 0.15) is 18.2 Å². The molecule has 8 nitrogen and oxygen atoms in total. The number of alkyl halides is 3. The zero-order valence-electron chi connectivity index (χ0n) is 19.9. The van der Waals surface area contributed by atoms with Crippen LogP contribution < -0.4 is 16.0 Å². The minimum atomic E-state index is -5.11. The van der Waals surface area contributed by atoms with Gasteiger partial charge in [0, 0.05) is 6.54 Å². The number of nitrogens with zero attached hydrogens (tertiary/aromatic N) is 1. The topological polar surface area (TPSA) is 108 Å². The Morgan fingerprint density at radius 3 is 2.24 bits per heavy atom. The summed E-state index contributed by atoms with van der Waals surface area (Å²) in [6.45, 7) is 11.2. The normalized spacial score (nSPS) is 26.8. The Kier molecular flexibility index (Phi) is 7.06. The first-order valence-corrected chi connectivity index (χ1v) is 11.6. The smallest absolute Gasteiger partial charge is 0.336 e. The summed E-state index contributed by atoms with van der Waals surface area (Å²) >= 11 is 0. The van der Waals surface area contributed by atoms with Gasteiger partial charge in [0.05, 0.1) is 0 Å². The third-order valence-corrected chi connectivity index (χ3v) is 7.33. The van der Waals surface area contributed by atoms with Crippen LogP contribution in [0.4, 0.5) is 13.2 Å². The maximum Gasteiger partial charge on any atom is 0.471 e. The standard InChI is InChI=1S/C23H33F3N4O4/c1-6-15(31)28-18(11(2)3)29-19(32)17-16-13(22(16,4)5)10-30(17)20(33)14(9-12-7-8-12)27-21(34)23(24,25)26/h6,11-14,16-18H,1,7-10H2,2-5H3,(H,27,34)(H,28,31)(H,29,32)/t13-,14-,16-,17-,18?/m0/s1. The molecule has 190 valence electrons. The molecule has 3 aliphatic rings. The predicted molar refractivity (Wildman–Crippen MR) is 117 cm³/mol. The van der Waals surface area contributed by atoms with E-state index in [1.807, 2.05) is 19.2 Å². The van der Waals surface area contributed by atoms with Crippen LogP contribution in [0.3, 0.4) is 0 Å². The quantitative estimate of drug-likeness (QED) is 0.341. The largest absolute Gasteiger partial charge is 0.471 e. The van der Waals surface area contributed by atoms with E-state index in [-0.39, 0.29) is 42.1 Å². The fraction of sp³-hybridized carbons (Fsp3) is 0.739. The molecule has 0 aromatic rings. The molecule has 2 aliphatic carbocycles. The van der Waals surface area contributed by atoms with E-state index in [0.717, 1.165) is 18.9 Å². The van der Waals surface area contributed by atoms with E-state index in [1.165, 1.54) is 4.90 Å². The van der Waals surface area contributed by atoms with Crippen LogP contribution in [0.5, 0.6) is 0 Å². The summed E-state index contributed by atoms with van der Waals surface area (Å²) in [6.07, 6.45) is -3.07. The summed E-state index contributed by atoms with van der Waals surface area (Å²) in [7, 11) is 0. The Morgan fingerprint density at radius 2 is 1.74 bits per heavy atom. The Morgan fingerprint density at radius 1 is 1.12 bits per heavy atom.